The quantitative estimate of drug-likeness (QED) is 0.0274. The van der Waals surface area contributed by atoms with Crippen LogP contribution in [0.1, 0.15) is 226 Å². The van der Waals surface area contributed by atoms with Crippen molar-refractivity contribution >= 4 is 13.7 Å². The van der Waals surface area contributed by atoms with Crippen LogP contribution in [-0.2, 0) is 18.4 Å². The van der Waals surface area contributed by atoms with Gasteiger partial charge in [0.15, 0.2) is 0 Å². The molecule has 0 rings (SSSR count). The minimum atomic E-state index is -4.59. The molecule has 0 aliphatic heterocycles. The second-order valence-electron chi connectivity index (χ2n) is 17.8. The van der Waals surface area contributed by atoms with Crippen LogP contribution >= 0.6 is 7.82 Å². The van der Waals surface area contributed by atoms with Crippen molar-refractivity contribution in [1.82, 2.24) is 5.32 Å². The van der Waals surface area contributed by atoms with Gasteiger partial charge in [0.25, 0.3) is 7.82 Å². The van der Waals surface area contributed by atoms with Crippen molar-refractivity contribution in [3.8, 4) is 0 Å². The van der Waals surface area contributed by atoms with E-state index in [-0.39, 0.29) is 19.1 Å². The summed E-state index contributed by atoms with van der Waals surface area (Å²) in [7, 11) is 1.26. The van der Waals surface area contributed by atoms with E-state index in [4.69, 9.17) is 9.05 Å². The van der Waals surface area contributed by atoms with E-state index in [1.807, 2.05) is 27.2 Å². The molecule has 1 amide bonds. The number of likely N-dealkylation sites (N-methyl/N-ethyl adjacent to an activating group) is 1. The normalized spacial score (nSPS) is 14.4. The summed E-state index contributed by atoms with van der Waals surface area (Å²) in [5.74, 6) is -0.206. The highest BCUT2D eigenvalue weighted by Crippen LogP contribution is 2.38. The summed E-state index contributed by atoms with van der Waals surface area (Å²) in [6.45, 7) is 4.64. The third kappa shape index (κ3) is 42.9. The summed E-state index contributed by atoms with van der Waals surface area (Å²) in [4.78, 5) is 25.3. The Morgan fingerprint density at radius 1 is 0.596 bits per heavy atom. The molecule has 3 unspecified atom stereocenters. The molecule has 3 atom stereocenters. The van der Waals surface area contributed by atoms with Gasteiger partial charge in [0.05, 0.1) is 39.9 Å². The molecule has 8 nitrogen and oxygen atoms in total. The number of nitrogens with zero attached hydrogens (tertiary/aromatic N) is 1. The summed E-state index contributed by atoms with van der Waals surface area (Å²) in [6, 6.07) is -0.887. The summed E-state index contributed by atoms with van der Waals surface area (Å²) in [6.07, 6.45) is 48.0. The average Bonchev–Trinajstić information content (AvgIpc) is 3.16. The molecule has 57 heavy (non-hydrogen) atoms. The molecule has 0 spiro atoms. The Hall–Kier alpha value is -1.02. The standard InChI is InChI=1S/C48H95N2O6P/c1-6-8-10-12-14-16-18-20-21-22-23-24-25-26-27-28-30-31-33-35-37-39-41-47(51)46(45-56-57(53,54)55-44-43-50(3,4)5)49-48(52)42-40-38-36-34-32-29-19-17-15-13-11-9-7-2/h17,19,39,41,46-47,51H,6-16,18,20-38,40,42-45H2,1-5H3,(H-,49,52,53,54)/b19-17-,41-39+. The highest BCUT2D eigenvalue weighted by molar-refractivity contribution is 7.45. The van der Waals surface area contributed by atoms with Gasteiger partial charge in [-0.1, -0.05) is 199 Å². The van der Waals surface area contributed by atoms with E-state index < -0.39 is 20.0 Å². The number of rotatable bonds is 44. The number of unbranched alkanes of at least 4 members (excludes halogenated alkanes) is 29. The molecule has 0 bridgehead atoms. The molecule has 0 fully saturated rings. The Labute approximate surface area is 354 Å². The van der Waals surface area contributed by atoms with E-state index in [9.17, 15) is 19.4 Å². The first kappa shape index (κ1) is 56.0. The largest absolute Gasteiger partial charge is 0.756 e. The highest BCUT2D eigenvalue weighted by Gasteiger charge is 2.23. The van der Waals surface area contributed by atoms with Crippen LogP contribution in [0.25, 0.3) is 0 Å². The van der Waals surface area contributed by atoms with Crippen LogP contribution in [0.3, 0.4) is 0 Å². The van der Waals surface area contributed by atoms with Crippen LogP contribution in [0, 0.1) is 0 Å². The Bertz CT molecular complexity index is 984. The van der Waals surface area contributed by atoms with Crippen molar-refractivity contribution in [3.05, 3.63) is 24.3 Å². The van der Waals surface area contributed by atoms with E-state index in [1.54, 1.807) is 6.08 Å². The van der Waals surface area contributed by atoms with E-state index >= 15 is 0 Å². The van der Waals surface area contributed by atoms with Crippen molar-refractivity contribution in [2.24, 2.45) is 0 Å². The summed E-state index contributed by atoms with van der Waals surface area (Å²) in [5, 5.41) is 13.8. The number of aliphatic hydroxyl groups excluding tert-OH is 1. The smallest absolute Gasteiger partial charge is 0.268 e. The Morgan fingerprint density at radius 3 is 1.39 bits per heavy atom. The number of phosphoric ester groups is 1. The second-order valence-corrected chi connectivity index (χ2v) is 19.2. The maximum atomic E-state index is 12.8. The molecular formula is C48H95N2O6P. The lowest BCUT2D eigenvalue weighted by Crippen LogP contribution is -2.45. The van der Waals surface area contributed by atoms with E-state index in [2.05, 4.69) is 31.3 Å². The summed E-state index contributed by atoms with van der Waals surface area (Å²) >= 11 is 0. The molecule has 2 N–H and O–H groups in total. The molecule has 0 saturated heterocycles. The van der Waals surface area contributed by atoms with Crippen LogP contribution in [-0.4, -0.2) is 68.5 Å². The zero-order valence-corrected chi connectivity index (χ0v) is 39.2. The van der Waals surface area contributed by atoms with Crippen LogP contribution in [0.4, 0.5) is 0 Å². The highest BCUT2D eigenvalue weighted by atomic mass is 31.2. The topological polar surface area (TPSA) is 108 Å². The first-order valence-electron chi connectivity index (χ1n) is 24.2. The Balaban J connectivity index is 4.31. The molecule has 0 saturated carbocycles. The monoisotopic (exact) mass is 827 g/mol. The maximum absolute atomic E-state index is 12.8. The fourth-order valence-corrected chi connectivity index (χ4v) is 7.75. The molecule has 0 aromatic carbocycles. The maximum Gasteiger partial charge on any atom is 0.268 e. The number of hydrogen-bond donors (Lipinski definition) is 2. The molecule has 0 aromatic heterocycles. The van der Waals surface area contributed by atoms with Crippen LogP contribution in [0.15, 0.2) is 24.3 Å². The Morgan fingerprint density at radius 2 is 0.965 bits per heavy atom. The molecule has 0 aliphatic carbocycles. The molecule has 0 aromatic rings. The number of amides is 1. The van der Waals surface area contributed by atoms with Crippen LogP contribution in [0.5, 0.6) is 0 Å². The fourth-order valence-electron chi connectivity index (χ4n) is 7.03. The van der Waals surface area contributed by atoms with Crippen molar-refractivity contribution in [3.63, 3.8) is 0 Å². The number of hydrogen-bond acceptors (Lipinski definition) is 6. The van der Waals surface area contributed by atoms with Gasteiger partial charge in [-0.2, -0.15) is 0 Å². The molecule has 338 valence electrons. The number of nitrogens with one attached hydrogen (secondary N) is 1. The number of phosphoric acid groups is 1. The lowest BCUT2D eigenvalue weighted by atomic mass is 10.0. The third-order valence-electron chi connectivity index (χ3n) is 10.9. The summed E-state index contributed by atoms with van der Waals surface area (Å²) in [5.41, 5.74) is 0. The molecule has 0 aliphatic rings. The van der Waals surface area contributed by atoms with Crippen molar-refractivity contribution in [2.75, 3.05) is 40.9 Å². The van der Waals surface area contributed by atoms with Gasteiger partial charge in [-0.3, -0.25) is 9.36 Å². The molecule has 0 heterocycles. The first-order valence-corrected chi connectivity index (χ1v) is 25.7. The van der Waals surface area contributed by atoms with Gasteiger partial charge in [0, 0.05) is 6.42 Å². The lowest BCUT2D eigenvalue weighted by Gasteiger charge is -2.29. The van der Waals surface area contributed by atoms with Crippen molar-refractivity contribution in [1.29, 1.82) is 0 Å². The minimum absolute atomic E-state index is 0.00142. The number of aliphatic hydroxyl groups is 1. The fraction of sp³-hybridized carbons (Fsp3) is 0.896. The van der Waals surface area contributed by atoms with Gasteiger partial charge in [-0.05, 0) is 44.9 Å². The van der Waals surface area contributed by atoms with Gasteiger partial charge in [-0.25, -0.2) is 0 Å². The second kappa shape index (κ2) is 40.4. The molecule has 9 heteroatoms. The summed E-state index contributed by atoms with van der Waals surface area (Å²) < 4.78 is 23.2. The van der Waals surface area contributed by atoms with Crippen LogP contribution < -0.4 is 10.2 Å². The van der Waals surface area contributed by atoms with Crippen molar-refractivity contribution in [2.45, 2.75) is 238 Å². The first-order chi connectivity index (χ1) is 27.5. The lowest BCUT2D eigenvalue weighted by molar-refractivity contribution is -0.870. The van der Waals surface area contributed by atoms with Crippen LogP contribution in [0.2, 0.25) is 0 Å². The van der Waals surface area contributed by atoms with E-state index in [1.165, 1.54) is 154 Å². The SMILES string of the molecule is CCCCCC/C=C\CCCCCCCC(=O)NC(COP(=O)([O-])OCC[N+](C)(C)C)C(O)/C=C/CCCCCCCCCCCCCCCCCCCCCC. The van der Waals surface area contributed by atoms with Gasteiger partial charge in [0.2, 0.25) is 5.91 Å². The number of allylic oxidation sites excluding steroid dienone is 3. The van der Waals surface area contributed by atoms with Gasteiger partial charge in [-0.15, -0.1) is 0 Å². The van der Waals surface area contributed by atoms with Crippen molar-refractivity contribution < 1.29 is 32.9 Å². The Kier molecular flexibility index (Phi) is 39.7. The number of carbonyl (C=O) groups excluding carboxylic acids is 1. The molecular weight excluding hydrogens is 732 g/mol. The van der Waals surface area contributed by atoms with E-state index in [0.717, 1.165) is 51.4 Å². The zero-order chi connectivity index (χ0) is 42.1. The molecule has 0 radical (unpaired) electrons. The zero-order valence-electron chi connectivity index (χ0n) is 38.3. The number of carbonyl (C=O) groups is 1. The average molecular weight is 827 g/mol. The van der Waals surface area contributed by atoms with E-state index in [0.29, 0.717) is 17.4 Å². The van der Waals surface area contributed by atoms with Gasteiger partial charge in [0.1, 0.15) is 13.2 Å². The third-order valence-corrected chi connectivity index (χ3v) is 11.9. The predicted molar refractivity (Wildman–Crippen MR) is 242 cm³/mol. The van der Waals surface area contributed by atoms with Gasteiger partial charge >= 0.3 is 0 Å². The number of quaternary nitrogens is 1. The minimum Gasteiger partial charge on any atom is -0.756 e. The predicted octanol–water partition coefficient (Wildman–Crippen LogP) is 13.1. The van der Waals surface area contributed by atoms with Gasteiger partial charge < -0.3 is 28.8 Å².